The number of hydrogen-bond donors (Lipinski definition) is 4. The quantitative estimate of drug-likeness (QED) is 0.313. The number of aliphatic hydroxyl groups is 2. The van der Waals surface area contributed by atoms with Crippen LogP contribution in [0, 0.1) is 0 Å². The van der Waals surface area contributed by atoms with E-state index >= 15 is 0 Å². The number of amides is 2. The molecule has 0 saturated heterocycles. The van der Waals surface area contributed by atoms with E-state index in [0.717, 1.165) is 16.5 Å². The fraction of sp³-hybridized carbons (Fsp3) is 0.500. The van der Waals surface area contributed by atoms with Crippen molar-refractivity contribution in [2.45, 2.75) is 52.4 Å². The second-order valence-corrected chi connectivity index (χ2v) is 7.39. The number of fused-ring (bicyclic) bond motifs is 1. The average Bonchev–Trinajstić information content (AvgIpc) is 3.16. The Labute approximate surface area is 182 Å². The van der Waals surface area contributed by atoms with E-state index < -0.39 is 30.8 Å². The second kappa shape index (κ2) is 11.5. The predicted octanol–water partition coefficient (Wildman–Crippen LogP) is 1.20. The summed E-state index contributed by atoms with van der Waals surface area (Å²) in [5, 5.41) is 26.5. The first kappa shape index (κ1) is 24.4. The maximum Gasteiger partial charge on any atom is 0.261 e. The van der Waals surface area contributed by atoms with Crippen molar-refractivity contribution >= 4 is 28.4 Å². The van der Waals surface area contributed by atoms with E-state index in [4.69, 9.17) is 4.84 Å². The van der Waals surface area contributed by atoms with Crippen LogP contribution in [0.5, 0.6) is 0 Å². The van der Waals surface area contributed by atoms with Gasteiger partial charge in [-0.3, -0.25) is 9.59 Å². The Bertz CT molecular complexity index is 904. The highest BCUT2D eigenvalue weighted by Crippen LogP contribution is 2.19. The maximum absolute atomic E-state index is 13.0. The number of benzene rings is 1. The molecule has 31 heavy (non-hydrogen) atoms. The van der Waals surface area contributed by atoms with Gasteiger partial charge in [0.05, 0.1) is 11.8 Å². The number of carbonyl (C=O) groups excluding carboxylic acids is 2. The van der Waals surface area contributed by atoms with Gasteiger partial charge in [0.2, 0.25) is 5.91 Å². The van der Waals surface area contributed by atoms with Crippen molar-refractivity contribution < 1.29 is 24.6 Å². The molecule has 0 aliphatic heterocycles. The number of nitrogens with one attached hydrogen (secondary N) is 2. The third-order valence-corrected chi connectivity index (χ3v) is 5.10. The van der Waals surface area contributed by atoms with Gasteiger partial charge in [-0.05, 0) is 39.3 Å². The van der Waals surface area contributed by atoms with E-state index in [1.807, 2.05) is 44.3 Å². The van der Waals surface area contributed by atoms with Crippen LogP contribution in [0.2, 0.25) is 0 Å². The smallest absolute Gasteiger partial charge is 0.261 e. The number of hydrogen-bond acceptors (Lipinski definition) is 6. The number of aromatic nitrogens is 1. The Kier molecular flexibility index (Phi) is 9.02. The van der Waals surface area contributed by atoms with Crippen molar-refractivity contribution in [3.8, 4) is 0 Å². The molecule has 0 saturated carbocycles. The number of carbonyl (C=O) groups is 2. The zero-order chi connectivity index (χ0) is 23.0. The highest BCUT2D eigenvalue weighted by atomic mass is 16.6. The fourth-order valence-corrected chi connectivity index (χ4v) is 3.31. The van der Waals surface area contributed by atoms with Crippen molar-refractivity contribution in [1.29, 1.82) is 0 Å². The number of likely N-dealkylation sites (N-methyl/N-ethyl adjacent to an activating group) is 1. The largest absolute Gasteiger partial charge is 0.390 e. The number of rotatable bonds is 11. The van der Waals surface area contributed by atoms with Gasteiger partial charge in [0.25, 0.3) is 5.91 Å². The SMILES string of the molecule is CCN(CC)C(=O)C(Cc1c[nH]c2ccccc12)NC(=O)CO/N=C(/C)C(O)C(C)O. The minimum absolute atomic E-state index is 0.150. The van der Waals surface area contributed by atoms with Gasteiger partial charge in [0.1, 0.15) is 12.1 Å². The van der Waals surface area contributed by atoms with E-state index in [-0.39, 0.29) is 11.6 Å². The average molecular weight is 433 g/mol. The topological polar surface area (TPSA) is 127 Å². The van der Waals surface area contributed by atoms with Crippen LogP contribution in [0.15, 0.2) is 35.6 Å². The highest BCUT2D eigenvalue weighted by Gasteiger charge is 2.26. The van der Waals surface area contributed by atoms with E-state index in [1.54, 1.807) is 4.90 Å². The molecule has 3 atom stereocenters. The van der Waals surface area contributed by atoms with Crippen molar-refractivity contribution in [3.63, 3.8) is 0 Å². The standard InChI is InChI=1S/C22H32N4O5/c1-5-26(6-2)22(30)19(11-16-12-23-18-10-8-7-9-17(16)18)24-20(28)13-31-25-14(3)21(29)15(4)27/h7-10,12,15,19,21,23,27,29H,5-6,11,13H2,1-4H3,(H,24,28)/b25-14-. The Balaban J connectivity index is 2.11. The summed E-state index contributed by atoms with van der Waals surface area (Å²) in [6.45, 7) is 7.34. The van der Waals surface area contributed by atoms with Crippen LogP contribution >= 0.6 is 0 Å². The molecule has 4 N–H and O–H groups in total. The first-order valence-electron chi connectivity index (χ1n) is 10.4. The van der Waals surface area contributed by atoms with Crippen LogP contribution in [0.1, 0.15) is 33.3 Å². The van der Waals surface area contributed by atoms with Gasteiger partial charge < -0.3 is 30.3 Å². The molecule has 2 rings (SSSR count). The molecule has 2 aromatic rings. The first-order valence-corrected chi connectivity index (χ1v) is 10.4. The normalized spacial score (nSPS) is 14.7. The van der Waals surface area contributed by atoms with Crippen molar-refractivity contribution in [2.75, 3.05) is 19.7 Å². The number of oxime groups is 1. The lowest BCUT2D eigenvalue weighted by molar-refractivity contribution is -0.137. The Morgan fingerprint density at radius 3 is 2.55 bits per heavy atom. The second-order valence-electron chi connectivity index (χ2n) is 7.39. The molecule has 0 spiro atoms. The molecule has 170 valence electrons. The Morgan fingerprint density at radius 2 is 1.90 bits per heavy atom. The summed E-state index contributed by atoms with van der Waals surface area (Å²) in [5.41, 5.74) is 2.04. The molecular formula is C22H32N4O5. The lowest BCUT2D eigenvalue weighted by Gasteiger charge is -2.25. The molecule has 1 heterocycles. The minimum Gasteiger partial charge on any atom is -0.390 e. The highest BCUT2D eigenvalue weighted by molar-refractivity contribution is 5.90. The Morgan fingerprint density at radius 1 is 1.23 bits per heavy atom. The lowest BCUT2D eigenvalue weighted by atomic mass is 10.0. The molecule has 2 amide bonds. The predicted molar refractivity (Wildman–Crippen MR) is 119 cm³/mol. The van der Waals surface area contributed by atoms with Crippen molar-refractivity contribution in [2.24, 2.45) is 5.16 Å². The summed E-state index contributed by atoms with van der Waals surface area (Å²) in [5.74, 6) is -0.679. The fourth-order valence-electron chi connectivity index (χ4n) is 3.31. The molecular weight excluding hydrogens is 400 g/mol. The summed E-state index contributed by atoms with van der Waals surface area (Å²) < 4.78 is 0. The third-order valence-electron chi connectivity index (χ3n) is 5.10. The molecule has 1 aromatic heterocycles. The van der Waals surface area contributed by atoms with Gasteiger partial charge in [-0.15, -0.1) is 0 Å². The van der Waals surface area contributed by atoms with Gasteiger partial charge in [0, 0.05) is 36.6 Å². The monoisotopic (exact) mass is 432 g/mol. The van der Waals surface area contributed by atoms with Crippen LogP contribution < -0.4 is 5.32 Å². The molecule has 9 nitrogen and oxygen atoms in total. The summed E-state index contributed by atoms with van der Waals surface area (Å²) in [6.07, 6.45) is -0.00921. The number of H-pyrrole nitrogens is 1. The molecule has 9 heteroatoms. The summed E-state index contributed by atoms with van der Waals surface area (Å²) >= 11 is 0. The lowest BCUT2D eigenvalue weighted by Crippen LogP contribution is -2.50. The minimum atomic E-state index is -1.18. The molecule has 0 aliphatic carbocycles. The van der Waals surface area contributed by atoms with Crippen LogP contribution in [0.4, 0.5) is 0 Å². The zero-order valence-corrected chi connectivity index (χ0v) is 18.5. The molecule has 1 aromatic carbocycles. The van der Waals surface area contributed by atoms with Gasteiger partial charge in [0.15, 0.2) is 6.61 Å². The van der Waals surface area contributed by atoms with Crippen LogP contribution in [-0.4, -0.2) is 75.6 Å². The van der Waals surface area contributed by atoms with Gasteiger partial charge in [-0.1, -0.05) is 23.4 Å². The maximum atomic E-state index is 13.0. The van der Waals surface area contributed by atoms with E-state index in [1.165, 1.54) is 13.8 Å². The van der Waals surface area contributed by atoms with E-state index in [9.17, 15) is 19.8 Å². The molecule has 0 bridgehead atoms. The number of nitrogens with zero attached hydrogens (tertiary/aromatic N) is 2. The van der Waals surface area contributed by atoms with Crippen LogP contribution in [0.3, 0.4) is 0 Å². The van der Waals surface area contributed by atoms with Crippen molar-refractivity contribution in [1.82, 2.24) is 15.2 Å². The summed E-state index contributed by atoms with van der Waals surface area (Å²) in [6, 6.07) is 7.01. The van der Waals surface area contributed by atoms with E-state index in [2.05, 4.69) is 15.5 Å². The Hall–Kier alpha value is -2.91. The van der Waals surface area contributed by atoms with Gasteiger partial charge in [-0.25, -0.2) is 0 Å². The number of aliphatic hydroxyl groups excluding tert-OH is 2. The van der Waals surface area contributed by atoms with Gasteiger partial charge in [-0.2, -0.15) is 0 Å². The number of para-hydroxylation sites is 1. The van der Waals surface area contributed by atoms with Crippen LogP contribution in [-0.2, 0) is 20.8 Å². The van der Waals surface area contributed by atoms with Gasteiger partial charge >= 0.3 is 0 Å². The zero-order valence-electron chi connectivity index (χ0n) is 18.5. The van der Waals surface area contributed by atoms with E-state index in [0.29, 0.717) is 19.5 Å². The molecule has 0 radical (unpaired) electrons. The molecule has 3 unspecified atom stereocenters. The molecule has 0 aliphatic rings. The molecule has 0 fully saturated rings. The number of aromatic amines is 1. The summed E-state index contributed by atoms with van der Waals surface area (Å²) in [7, 11) is 0. The van der Waals surface area contributed by atoms with Crippen LogP contribution in [0.25, 0.3) is 10.9 Å². The summed E-state index contributed by atoms with van der Waals surface area (Å²) in [4.78, 5) is 35.3. The third kappa shape index (κ3) is 6.53. The first-order chi connectivity index (χ1) is 14.8. The van der Waals surface area contributed by atoms with Crippen molar-refractivity contribution in [3.05, 3.63) is 36.0 Å².